The van der Waals surface area contributed by atoms with Gasteiger partial charge >= 0.3 is 5.69 Å². The largest absolute Gasteiger partial charge is 0.341 e. The van der Waals surface area contributed by atoms with Gasteiger partial charge in [0.15, 0.2) is 11.2 Å². The van der Waals surface area contributed by atoms with Gasteiger partial charge in [-0.25, -0.2) is 9.78 Å². The topological polar surface area (TPSA) is 128 Å². The zero-order valence-electron chi connectivity index (χ0n) is 21.2. The number of para-hydroxylation sites is 1. The fourth-order valence-electron chi connectivity index (χ4n) is 5.09. The zero-order chi connectivity index (χ0) is 26.3. The molecule has 37 heavy (non-hydrogen) atoms. The van der Waals surface area contributed by atoms with Crippen molar-refractivity contribution in [3.63, 3.8) is 0 Å². The highest BCUT2D eigenvalue weighted by Crippen LogP contribution is 2.24. The number of benzene rings is 1. The number of rotatable bonds is 4. The highest BCUT2D eigenvalue weighted by Gasteiger charge is 2.26. The number of hydrogen-bond donors (Lipinski definition) is 1. The summed E-state index contributed by atoms with van der Waals surface area (Å²) < 4.78 is 4.27. The molecule has 1 fully saturated rings. The Bertz CT molecular complexity index is 1760. The number of aryl methyl sites for hydroxylation is 2. The third kappa shape index (κ3) is 4.05. The van der Waals surface area contributed by atoms with Crippen molar-refractivity contribution in [1.29, 1.82) is 5.26 Å². The maximum Gasteiger partial charge on any atom is 0.332 e. The summed E-state index contributed by atoms with van der Waals surface area (Å²) in [7, 11) is 1.60. The molecule has 10 heteroatoms. The van der Waals surface area contributed by atoms with Crippen LogP contribution in [0.2, 0.25) is 0 Å². The quantitative estimate of drug-likeness (QED) is 0.425. The van der Waals surface area contributed by atoms with Gasteiger partial charge in [0.1, 0.15) is 6.07 Å². The van der Waals surface area contributed by atoms with Crippen LogP contribution >= 0.6 is 0 Å². The lowest BCUT2D eigenvalue weighted by Gasteiger charge is -2.31. The van der Waals surface area contributed by atoms with Gasteiger partial charge in [-0.05, 0) is 38.3 Å². The van der Waals surface area contributed by atoms with Gasteiger partial charge < -0.3 is 10.6 Å². The number of fused-ring (bicyclic) bond motifs is 2. The minimum absolute atomic E-state index is 0.00590. The number of nitrogens with zero attached hydrogens (tertiary/aromatic N) is 7. The molecule has 0 saturated carbocycles. The zero-order valence-corrected chi connectivity index (χ0v) is 21.2. The Morgan fingerprint density at radius 2 is 1.97 bits per heavy atom. The average molecular weight is 497 g/mol. The third-order valence-electron chi connectivity index (χ3n) is 7.01. The lowest BCUT2D eigenvalue weighted by Crippen LogP contribution is -2.44. The molecule has 0 bridgehead atoms. The van der Waals surface area contributed by atoms with Gasteiger partial charge in [0.05, 0.1) is 29.9 Å². The van der Waals surface area contributed by atoms with Crippen LogP contribution in [0.5, 0.6) is 0 Å². The van der Waals surface area contributed by atoms with E-state index in [1.165, 1.54) is 4.57 Å². The van der Waals surface area contributed by atoms with E-state index in [0.717, 1.165) is 34.9 Å². The van der Waals surface area contributed by atoms with Crippen LogP contribution in [0, 0.1) is 30.1 Å². The molecule has 4 aromatic rings. The lowest BCUT2D eigenvalue weighted by atomic mass is 10.0. The number of nitriles is 1. The van der Waals surface area contributed by atoms with Crippen LogP contribution in [0.25, 0.3) is 22.1 Å². The first-order chi connectivity index (χ1) is 17.8. The van der Waals surface area contributed by atoms with Crippen LogP contribution in [0.1, 0.15) is 36.6 Å². The van der Waals surface area contributed by atoms with Gasteiger partial charge in [0.2, 0.25) is 5.95 Å². The van der Waals surface area contributed by atoms with Gasteiger partial charge in [0.25, 0.3) is 5.56 Å². The van der Waals surface area contributed by atoms with Gasteiger partial charge in [-0.3, -0.25) is 18.5 Å². The minimum atomic E-state index is -0.526. The van der Waals surface area contributed by atoms with E-state index in [2.05, 4.69) is 27.8 Å². The SMILES string of the molecule is CC#CCn1c(N2CCC[C@@H](N)C2)nc2c1c(=O)n(Cc1nc3ccccc3c(C)c1C#N)c(=O)n2C. The van der Waals surface area contributed by atoms with Crippen molar-refractivity contribution in [2.75, 3.05) is 18.0 Å². The molecular formula is C27H28N8O2. The molecule has 0 amide bonds. The number of imidazole rings is 1. The molecule has 4 heterocycles. The molecule has 5 rings (SSSR count). The first-order valence-corrected chi connectivity index (χ1v) is 12.2. The van der Waals surface area contributed by atoms with E-state index < -0.39 is 11.2 Å². The maximum atomic E-state index is 13.9. The summed E-state index contributed by atoms with van der Waals surface area (Å²) in [6, 6.07) is 9.73. The highest BCUT2D eigenvalue weighted by molar-refractivity contribution is 5.84. The Hall–Kier alpha value is -4.41. The van der Waals surface area contributed by atoms with Crippen LogP contribution < -0.4 is 21.9 Å². The summed E-state index contributed by atoms with van der Waals surface area (Å²) in [5.74, 6) is 6.50. The van der Waals surface area contributed by atoms with E-state index in [9.17, 15) is 14.9 Å². The van der Waals surface area contributed by atoms with Crippen molar-refractivity contribution in [2.45, 2.75) is 45.8 Å². The predicted molar refractivity (Wildman–Crippen MR) is 142 cm³/mol. The second-order valence-electron chi connectivity index (χ2n) is 9.37. The third-order valence-corrected chi connectivity index (χ3v) is 7.01. The van der Waals surface area contributed by atoms with E-state index in [1.54, 1.807) is 18.5 Å². The van der Waals surface area contributed by atoms with Crippen molar-refractivity contribution in [1.82, 2.24) is 23.7 Å². The fourth-order valence-corrected chi connectivity index (χ4v) is 5.09. The van der Waals surface area contributed by atoms with Crippen molar-refractivity contribution in [2.24, 2.45) is 12.8 Å². The molecule has 0 aliphatic carbocycles. The highest BCUT2D eigenvalue weighted by atomic mass is 16.2. The molecule has 1 aliphatic heterocycles. The summed E-state index contributed by atoms with van der Waals surface area (Å²) in [6.45, 7) is 5.06. The van der Waals surface area contributed by atoms with Crippen molar-refractivity contribution < 1.29 is 0 Å². The van der Waals surface area contributed by atoms with Gasteiger partial charge in [-0.15, -0.1) is 5.92 Å². The number of anilines is 1. The molecule has 1 aromatic carbocycles. The standard InChI is InChI=1S/C27H28N8O2/c1-4-5-13-34-23-24(31-26(34)33-12-8-9-18(29)15-33)32(3)27(37)35(25(23)36)16-22-20(14-28)17(2)19-10-6-7-11-21(19)30-22/h6-7,10-11,18H,8-9,12-13,15-16,29H2,1-3H3/t18-/m1/s1. The summed E-state index contributed by atoms with van der Waals surface area (Å²) in [6.07, 6.45) is 1.84. The first-order valence-electron chi connectivity index (χ1n) is 12.2. The van der Waals surface area contributed by atoms with Gasteiger partial charge in [-0.1, -0.05) is 24.1 Å². The predicted octanol–water partition coefficient (Wildman–Crippen LogP) is 1.62. The second kappa shape index (κ2) is 9.57. The number of nitrogens with two attached hydrogens (primary N) is 1. The minimum Gasteiger partial charge on any atom is -0.341 e. The van der Waals surface area contributed by atoms with Crippen molar-refractivity contribution in [3.05, 3.63) is 61.9 Å². The van der Waals surface area contributed by atoms with E-state index in [1.807, 2.05) is 31.2 Å². The Labute approximate surface area is 213 Å². The van der Waals surface area contributed by atoms with Crippen LogP contribution in [-0.2, 0) is 20.1 Å². The fraction of sp³-hybridized carbons (Fsp3) is 0.370. The maximum absolute atomic E-state index is 13.9. The molecule has 10 nitrogen and oxygen atoms in total. The van der Waals surface area contributed by atoms with Gasteiger partial charge in [0, 0.05) is 31.6 Å². The van der Waals surface area contributed by atoms with Crippen LogP contribution in [0.15, 0.2) is 33.9 Å². The van der Waals surface area contributed by atoms with E-state index >= 15 is 0 Å². The molecule has 0 radical (unpaired) electrons. The summed E-state index contributed by atoms with van der Waals surface area (Å²) >= 11 is 0. The van der Waals surface area contributed by atoms with Crippen LogP contribution in [0.3, 0.4) is 0 Å². The molecule has 1 aliphatic rings. The molecule has 0 spiro atoms. The molecular weight excluding hydrogens is 468 g/mol. The summed E-state index contributed by atoms with van der Waals surface area (Å²) in [5.41, 5.74) is 7.98. The summed E-state index contributed by atoms with van der Waals surface area (Å²) in [5, 5.41) is 10.8. The Morgan fingerprint density at radius 1 is 1.19 bits per heavy atom. The first kappa shape index (κ1) is 24.3. The number of aromatic nitrogens is 5. The normalized spacial score (nSPS) is 15.5. The lowest BCUT2D eigenvalue weighted by molar-refractivity contribution is 0.496. The van der Waals surface area contributed by atoms with Crippen LogP contribution in [0.4, 0.5) is 5.95 Å². The molecule has 2 N–H and O–H groups in total. The number of pyridine rings is 1. The van der Waals surface area contributed by atoms with Gasteiger partial charge in [-0.2, -0.15) is 10.2 Å². The van der Waals surface area contributed by atoms with Crippen LogP contribution in [-0.4, -0.2) is 42.8 Å². The summed E-state index contributed by atoms with van der Waals surface area (Å²) in [4.78, 5) is 38.8. The molecule has 1 saturated heterocycles. The monoisotopic (exact) mass is 496 g/mol. The molecule has 1 atom stereocenters. The molecule has 0 unspecified atom stereocenters. The molecule has 188 valence electrons. The number of piperidine rings is 1. The Balaban J connectivity index is 1.73. The van der Waals surface area contributed by atoms with E-state index in [4.69, 9.17) is 10.7 Å². The van der Waals surface area contributed by atoms with E-state index in [0.29, 0.717) is 34.9 Å². The van der Waals surface area contributed by atoms with E-state index in [-0.39, 0.29) is 24.6 Å². The average Bonchev–Trinajstić information content (AvgIpc) is 3.28. The van der Waals surface area contributed by atoms with Crippen molar-refractivity contribution in [3.8, 4) is 17.9 Å². The number of hydrogen-bond acceptors (Lipinski definition) is 7. The Morgan fingerprint density at radius 3 is 2.70 bits per heavy atom. The van der Waals surface area contributed by atoms with Crippen molar-refractivity contribution >= 4 is 28.0 Å². The molecule has 3 aromatic heterocycles. The smallest absolute Gasteiger partial charge is 0.332 e. The Kier molecular flexibility index (Phi) is 6.28. The second-order valence-corrected chi connectivity index (χ2v) is 9.37.